The Balaban J connectivity index is 1.71. The predicted octanol–water partition coefficient (Wildman–Crippen LogP) is 3.82. The third-order valence-electron chi connectivity index (χ3n) is 3.07. The number of nitrogens with one attached hydrogen (secondary N) is 1. The van der Waals surface area contributed by atoms with E-state index in [1.54, 1.807) is 11.3 Å². The van der Waals surface area contributed by atoms with E-state index in [1.807, 2.05) is 0 Å². The van der Waals surface area contributed by atoms with Crippen molar-refractivity contribution in [3.63, 3.8) is 0 Å². The minimum absolute atomic E-state index is 0.990. The van der Waals surface area contributed by atoms with Gasteiger partial charge in [-0.1, -0.05) is 30.2 Å². The fourth-order valence-electron chi connectivity index (χ4n) is 1.90. The van der Waals surface area contributed by atoms with Crippen LogP contribution in [0.2, 0.25) is 0 Å². The van der Waals surface area contributed by atoms with Crippen molar-refractivity contribution in [1.82, 2.24) is 4.98 Å². The average molecular weight is 232 g/mol. The third-order valence-corrected chi connectivity index (χ3v) is 4.06. The smallest absolute Gasteiger partial charge is 0.183 e. The van der Waals surface area contributed by atoms with Crippen LogP contribution in [0.15, 0.2) is 18.2 Å². The summed E-state index contributed by atoms with van der Waals surface area (Å²) in [4.78, 5) is 4.60. The molecule has 1 saturated carbocycles. The van der Waals surface area contributed by atoms with Crippen LogP contribution >= 0.6 is 11.3 Å². The molecule has 3 rings (SSSR count). The van der Waals surface area contributed by atoms with Crippen LogP contribution in [0.3, 0.4) is 0 Å². The lowest BCUT2D eigenvalue weighted by molar-refractivity contribution is 0.760. The molecule has 0 unspecified atom stereocenters. The van der Waals surface area contributed by atoms with Crippen molar-refractivity contribution in [3.05, 3.63) is 23.8 Å². The molecule has 1 aromatic carbocycles. The summed E-state index contributed by atoms with van der Waals surface area (Å²) in [5, 5.41) is 4.50. The Morgan fingerprint density at radius 1 is 1.44 bits per heavy atom. The molecule has 1 N–H and O–H groups in total. The van der Waals surface area contributed by atoms with Gasteiger partial charge < -0.3 is 5.32 Å². The summed E-state index contributed by atoms with van der Waals surface area (Å²) in [6, 6.07) is 6.46. The summed E-state index contributed by atoms with van der Waals surface area (Å²) in [7, 11) is 0. The van der Waals surface area contributed by atoms with E-state index in [-0.39, 0.29) is 0 Å². The quantitative estimate of drug-likeness (QED) is 0.867. The molecule has 1 aliphatic rings. The number of aromatic nitrogens is 1. The Bertz CT molecular complexity index is 500. The Hall–Kier alpha value is -1.09. The van der Waals surface area contributed by atoms with Gasteiger partial charge in [0.1, 0.15) is 0 Å². The minimum Gasteiger partial charge on any atom is -0.361 e. The summed E-state index contributed by atoms with van der Waals surface area (Å²) in [6.45, 7) is 3.18. The predicted molar refractivity (Wildman–Crippen MR) is 70.2 cm³/mol. The van der Waals surface area contributed by atoms with Gasteiger partial charge in [-0.15, -0.1) is 0 Å². The number of benzene rings is 1. The second-order valence-corrected chi connectivity index (χ2v) is 5.68. The van der Waals surface area contributed by atoms with Crippen molar-refractivity contribution in [2.24, 2.45) is 5.92 Å². The van der Waals surface area contributed by atoms with Gasteiger partial charge in [0.25, 0.3) is 0 Å². The molecule has 0 bridgehead atoms. The van der Waals surface area contributed by atoms with Crippen molar-refractivity contribution in [2.75, 3.05) is 11.9 Å². The molecule has 0 spiro atoms. The minimum atomic E-state index is 0.990. The summed E-state index contributed by atoms with van der Waals surface area (Å²) in [5.74, 6) is 0.990. The molecule has 1 aliphatic carbocycles. The van der Waals surface area contributed by atoms with Crippen molar-refractivity contribution in [3.8, 4) is 0 Å². The molecule has 0 aliphatic heterocycles. The second kappa shape index (κ2) is 4.06. The van der Waals surface area contributed by atoms with Crippen molar-refractivity contribution >= 4 is 26.7 Å². The average Bonchev–Trinajstić information content (AvgIpc) is 2.98. The first-order chi connectivity index (χ1) is 7.81. The fourth-order valence-corrected chi connectivity index (χ4v) is 2.77. The Kier molecular flexibility index (Phi) is 2.56. The molecular weight excluding hydrogens is 216 g/mol. The van der Waals surface area contributed by atoms with Crippen molar-refractivity contribution in [1.29, 1.82) is 0 Å². The van der Waals surface area contributed by atoms with Crippen LogP contribution in [0.4, 0.5) is 5.13 Å². The summed E-state index contributed by atoms with van der Waals surface area (Å²) < 4.78 is 1.28. The highest BCUT2D eigenvalue weighted by molar-refractivity contribution is 7.22. The van der Waals surface area contributed by atoms with E-state index in [1.165, 1.54) is 29.5 Å². The summed E-state index contributed by atoms with van der Waals surface area (Å²) in [6.07, 6.45) is 4.16. The van der Waals surface area contributed by atoms with Gasteiger partial charge in [-0.25, -0.2) is 4.98 Å². The molecule has 1 aromatic heterocycles. The number of fused-ring (bicyclic) bond motifs is 1. The standard InChI is InChI=1S/C13H16N2S/c1-9-2-5-12-11(8-9)15-13(16-12)14-7-6-10-3-4-10/h2,5,8,10H,3-4,6-7H2,1H3,(H,14,15). The fraction of sp³-hybridized carbons (Fsp3) is 0.462. The highest BCUT2D eigenvalue weighted by Crippen LogP contribution is 2.32. The molecule has 16 heavy (non-hydrogen) atoms. The first-order valence-corrected chi connectivity index (χ1v) is 6.74. The number of anilines is 1. The largest absolute Gasteiger partial charge is 0.361 e. The number of rotatable bonds is 4. The molecule has 3 heteroatoms. The van der Waals surface area contributed by atoms with Gasteiger partial charge in [0.05, 0.1) is 10.2 Å². The van der Waals surface area contributed by atoms with Gasteiger partial charge in [0, 0.05) is 6.54 Å². The van der Waals surface area contributed by atoms with Crippen LogP contribution in [-0.2, 0) is 0 Å². The third kappa shape index (κ3) is 2.19. The highest BCUT2D eigenvalue weighted by Gasteiger charge is 2.20. The first kappa shape index (κ1) is 10.1. The van der Waals surface area contributed by atoms with Crippen LogP contribution in [0.25, 0.3) is 10.2 Å². The van der Waals surface area contributed by atoms with Gasteiger partial charge in [-0.05, 0) is 37.0 Å². The molecule has 0 atom stereocenters. The molecule has 84 valence electrons. The maximum atomic E-state index is 4.60. The lowest BCUT2D eigenvalue weighted by Crippen LogP contribution is -2.01. The SMILES string of the molecule is Cc1ccc2sc(NCCC3CC3)nc2c1. The molecular formula is C13H16N2S. The van der Waals surface area contributed by atoms with Crippen molar-refractivity contribution in [2.45, 2.75) is 26.2 Å². The van der Waals surface area contributed by atoms with Crippen LogP contribution in [0.1, 0.15) is 24.8 Å². The summed E-state index contributed by atoms with van der Waals surface area (Å²) >= 11 is 1.76. The van der Waals surface area contributed by atoms with E-state index in [0.29, 0.717) is 0 Å². The van der Waals surface area contributed by atoms with Crippen LogP contribution in [0, 0.1) is 12.8 Å². The monoisotopic (exact) mass is 232 g/mol. The molecule has 2 nitrogen and oxygen atoms in total. The second-order valence-electron chi connectivity index (χ2n) is 4.65. The number of thiazole rings is 1. The summed E-state index contributed by atoms with van der Waals surface area (Å²) in [5.41, 5.74) is 2.40. The van der Waals surface area contributed by atoms with E-state index in [0.717, 1.165) is 23.1 Å². The van der Waals surface area contributed by atoms with E-state index < -0.39 is 0 Å². The first-order valence-electron chi connectivity index (χ1n) is 5.92. The molecule has 1 heterocycles. The van der Waals surface area contributed by atoms with Gasteiger partial charge in [-0.3, -0.25) is 0 Å². The number of aryl methyl sites for hydroxylation is 1. The van der Waals surface area contributed by atoms with Gasteiger partial charge in [-0.2, -0.15) is 0 Å². The van der Waals surface area contributed by atoms with Crippen molar-refractivity contribution < 1.29 is 0 Å². The number of nitrogens with zero attached hydrogens (tertiary/aromatic N) is 1. The molecule has 2 aromatic rings. The van der Waals surface area contributed by atoms with Crippen LogP contribution in [0.5, 0.6) is 0 Å². The lowest BCUT2D eigenvalue weighted by atomic mass is 10.2. The topological polar surface area (TPSA) is 24.9 Å². The van der Waals surface area contributed by atoms with E-state index in [4.69, 9.17) is 0 Å². The van der Waals surface area contributed by atoms with Gasteiger partial charge in [0.15, 0.2) is 5.13 Å². The highest BCUT2D eigenvalue weighted by atomic mass is 32.1. The Morgan fingerprint density at radius 3 is 3.12 bits per heavy atom. The van der Waals surface area contributed by atoms with E-state index in [2.05, 4.69) is 35.4 Å². The molecule has 0 radical (unpaired) electrons. The van der Waals surface area contributed by atoms with E-state index in [9.17, 15) is 0 Å². The number of hydrogen-bond donors (Lipinski definition) is 1. The Labute approximate surface area is 99.7 Å². The number of hydrogen-bond acceptors (Lipinski definition) is 3. The molecule has 1 fully saturated rings. The van der Waals surface area contributed by atoms with Gasteiger partial charge in [0.2, 0.25) is 0 Å². The zero-order valence-corrected chi connectivity index (χ0v) is 10.3. The van der Waals surface area contributed by atoms with Crippen LogP contribution < -0.4 is 5.32 Å². The normalized spacial score (nSPS) is 15.6. The molecule has 0 amide bonds. The van der Waals surface area contributed by atoms with E-state index >= 15 is 0 Å². The lowest BCUT2D eigenvalue weighted by Gasteiger charge is -1.99. The zero-order valence-electron chi connectivity index (χ0n) is 9.49. The van der Waals surface area contributed by atoms with Crippen LogP contribution in [-0.4, -0.2) is 11.5 Å². The maximum absolute atomic E-state index is 4.60. The zero-order chi connectivity index (χ0) is 11.0. The Morgan fingerprint density at radius 2 is 2.31 bits per heavy atom. The van der Waals surface area contributed by atoms with Gasteiger partial charge >= 0.3 is 0 Å². The maximum Gasteiger partial charge on any atom is 0.183 e. The molecule has 0 saturated heterocycles.